The van der Waals surface area contributed by atoms with E-state index in [1.807, 2.05) is 0 Å². The summed E-state index contributed by atoms with van der Waals surface area (Å²) >= 11 is 0.879. The Kier molecular flexibility index (Phi) is 11.0. The molecule has 0 heterocycles. The SMILES string of the molecule is CCC(SNCCc1ccc(S(=O)(=O)O)cc1S(=O)(=O)O)C(C(CC)S(=O)(=O)O)S(=O)(=O)NC. The lowest BCUT2D eigenvalue weighted by molar-refractivity contribution is 0.452. The Bertz CT molecular complexity index is 1280. The van der Waals surface area contributed by atoms with Crippen LogP contribution >= 0.6 is 11.9 Å². The number of sulfonamides is 1. The highest BCUT2D eigenvalue weighted by Gasteiger charge is 2.44. The van der Waals surface area contributed by atoms with Gasteiger partial charge in [0.05, 0.1) is 9.79 Å². The molecule has 3 unspecified atom stereocenters. The molecule has 5 N–H and O–H groups in total. The second-order valence-corrected chi connectivity index (χ2v) is 14.7. The van der Waals surface area contributed by atoms with Crippen LogP contribution in [0.2, 0.25) is 0 Å². The molecule has 0 radical (unpaired) electrons. The van der Waals surface area contributed by atoms with Crippen LogP contribution in [0.4, 0.5) is 0 Å². The second kappa shape index (κ2) is 11.9. The minimum absolute atomic E-state index is 0.00387. The van der Waals surface area contributed by atoms with Crippen LogP contribution in [0.25, 0.3) is 0 Å². The molecule has 0 aliphatic rings. The molecule has 0 fully saturated rings. The number of rotatable bonds is 14. The molecule has 0 saturated heterocycles. The zero-order chi connectivity index (χ0) is 26.5. The first kappa shape index (κ1) is 31.2. The average molecular weight is 585 g/mol. The van der Waals surface area contributed by atoms with Crippen LogP contribution in [0.1, 0.15) is 32.3 Å². The van der Waals surface area contributed by atoms with E-state index in [0.29, 0.717) is 6.07 Å². The van der Waals surface area contributed by atoms with Gasteiger partial charge in [-0.25, -0.2) is 13.1 Å². The minimum atomic E-state index is -4.83. The van der Waals surface area contributed by atoms with Crippen molar-refractivity contribution >= 4 is 52.3 Å². The maximum atomic E-state index is 12.6. The molecule has 198 valence electrons. The second-order valence-electron chi connectivity index (χ2n) is 7.10. The zero-order valence-corrected chi connectivity index (χ0v) is 22.5. The number of hydrogen-bond acceptors (Lipinski definition) is 10. The number of benzene rings is 1. The fraction of sp³-hybridized carbons (Fsp3) is 0.625. The van der Waals surface area contributed by atoms with Gasteiger partial charge in [-0.1, -0.05) is 31.9 Å². The van der Waals surface area contributed by atoms with E-state index in [9.17, 15) is 42.8 Å². The van der Waals surface area contributed by atoms with E-state index in [2.05, 4.69) is 9.44 Å². The molecule has 0 aromatic heterocycles. The molecule has 1 aromatic rings. The summed E-state index contributed by atoms with van der Waals surface area (Å²) < 4.78 is 128. The van der Waals surface area contributed by atoms with Crippen LogP contribution in [-0.4, -0.2) is 76.7 Å². The van der Waals surface area contributed by atoms with Crippen LogP contribution in [0, 0.1) is 0 Å². The smallest absolute Gasteiger partial charge is 0.285 e. The fourth-order valence-corrected chi connectivity index (χ4v) is 9.52. The van der Waals surface area contributed by atoms with Crippen molar-refractivity contribution in [2.45, 2.75) is 58.7 Å². The Morgan fingerprint density at radius 2 is 1.50 bits per heavy atom. The topological polar surface area (TPSA) is 221 Å². The van der Waals surface area contributed by atoms with Crippen LogP contribution in [-0.2, 0) is 46.8 Å². The Hall–Kier alpha value is -0.830. The Labute approximate surface area is 204 Å². The highest BCUT2D eigenvalue weighted by molar-refractivity contribution is 8.00. The molecular weight excluding hydrogens is 557 g/mol. The van der Waals surface area contributed by atoms with Gasteiger partial charge in [-0.3, -0.25) is 18.4 Å². The highest BCUT2D eigenvalue weighted by Crippen LogP contribution is 2.28. The summed E-state index contributed by atoms with van der Waals surface area (Å²) in [7, 11) is -17.3. The van der Waals surface area contributed by atoms with Crippen molar-refractivity contribution in [1.82, 2.24) is 9.44 Å². The summed E-state index contributed by atoms with van der Waals surface area (Å²) in [5.41, 5.74) is 0.0137. The number of nitrogens with one attached hydrogen (secondary N) is 2. The monoisotopic (exact) mass is 584 g/mol. The van der Waals surface area contributed by atoms with Crippen LogP contribution < -0.4 is 9.44 Å². The largest absolute Gasteiger partial charge is 0.294 e. The molecule has 0 aliphatic carbocycles. The van der Waals surface area contributed by atoms with Gasteiger partial charge in [-0.15, -0.1) is 0 Å². The summed E-state index contributed by atoms with van der Waals surface area (Å²) in [6.07, 6.45) is -0.0445. The first-order valence-electron chi connectivity index (χ1n) is 9.75. The lowest BCUT2D eigenvalue weighted by atomic mass is 10.1. The van der Waals surface area contributed by atoms with E-state index in [1.165, 1.54) is 6.92 Å². The van der Waals surface area contributed by atoms with Crippen molar-refractivity contribution in [1.29, 1.82) is 0 Å². The molecule has 0 spiro atoms. The predicted molar refractivity (Wildman–Crippen MR) is 127 cm³/mol. The van der Waals surface area contributed by atoms with Gasteiger partial charge >= 0.3 is 0 Å². The van der Waals surface area contributed by atoms with Crippen LogP contribution in [0.15, 0.2) is 28.0 Å². The highest BCUT2D eigenvalue weighted by atomic mass is 32.2. The van der Waals surface area contributed by atoms with Crippen molar-refractivity contribution in [2.75, 3.05) is 13.6 Å². The van der Waals surface area contributed by atoms with Crippen molar-refractivity contribution in [3.63, 3.8) is 0 Å². The van der Waals surface area contributed by atoms with Gasteiger partial charge in [-0.2, -0.15) is 25.3 Å². The maximum absolute atomic E-state index is 12.6. The normalized spacial score (nSPS) is 16.2. The molecule has 1 aromatic carbocycles. The van der Waals surface area contributed by atoms with E-state index in [-0.39, 0.29) is 31.4 Å². The third-order valence-corrected chi connectivity index (χ3v) is 11.7. The molecule has 0 bridgehead atoms. The summed E-state index contributed by atoms with van der Waals surface area (Å²) in [6.45, 7) is 3.05. The summed E-state index contributed by atoms with van der Waals surface area (Å²) in [5, 5.41) is -3.95. The standard InChI is InChI=1S/C16H28N2O11S5/c1-4-13(16(31(19,20)17-3)14(5-2)33(24,25)26)30-18-9-8-11-6-7-12(32(21,22)23)10-15(11)34(27,28)29/h6-7,10,13-14,16-18H,4-5,8-9H2,1-3H3,(H,21,22,23)(H,24,25,26)(H,27,28,29). The maximum Gasteiger partial charge on any atom is 0.294 e. The molecule has 18 heteroatoms. The van der Waals surface area contributed by atoms with Gasteiger partial charge in [0.2, 0.25) is 10.0 Å². The van der Waals surface area contributed by atoms with Crippen molar-refractivity contribution in [2.24, 2.45) is 0 Å². The van der Waals surface area contributed by atoms with E-state index >= 15 is 0 Å². The first-order chi connectivity index (χ1) is 15.4. The molecular formula is C16H28N2O11S5. The van der Waals surface area contributed by atoms with E-state index < -0.39 is 65.9 Å². The van der Waals surface area contributed by atoms with Gasteiger partial charge in [0.1, 0.15) is 10.5 Å². The Morgan fingerprint density at radius 1 is 0.912 bits per heavy atom. The molecule has 0 amide bonds. The Morgan fingerprint density at radius 3 is 1.91 bits per heavy atom. The lowest BCUT2D eigenvalue weighted by Crippen LogP contribution is -2.50. The quantitative estimate of drug-likeness (QED) is 0.113. The van der Waals surface area contributed by atoms with Gasteiger partial charge in [0, 0.05) is 11.8 Å². The third kappa shape index (κ3) is 8.38. The van der Waals surface area contributed by atoms with E-state index in [4.69, 9.17) is 4.55 Å². The average Bonchev–Trinajstić information content (AvgIpc) is 2.70. The summed E-state index contributed by atoms with van der Waals surface area (Å²) in [6, 6.07) is 2.65. The first-order valence-corrected chi connectivity index (χ1v) is 16.6. The van der Waals surface area contributed by atoms with Gasteiger partial charge in [-0.05, 0) is 44.0 Å². The van der Waals surface area contributed by atoms with Gasteiger partial charge in [0.15, 0.2) is 0 Å². The van der Waals surface area contributed by atoms with Gasteiger partial charge < -0.3 is 0 Å². The summed E-state index contributed by atoms with van der Waals surface area (Å²) in [4.78, 5) is -1.46. The van der Waals surface area contributed by atoms with Crippen LogP contribution in [0.5, 0.6) is 0 Å². The van der Waals surface area contributed by atoms with Crippen LogP contribution in [0.3, 0.4) is 0 Å². The van der Waals surface area contributed by atoms with Gasteiger partial charge in [0.25, 0.3) is 30.4 Å². The minimum Gasteiger partial charge on any atom is -0.285 e. The molecule has 0 saturated carbocycles. The zero-order valence-electron chi connectivity index (χ0n) is 18.4. The molecule has 3 atom stereocenters. The lowest BCUT2D eigenvalue weighted by Gasteiger charge is -2.30. The molecule has 34 heavy (non-hydrogen) atoms. The van der Waals surface area contributed by atoms with E-state index in [0.717, 1.165) is 31.1 Å². The molecule has 0 aliphatic heterocycles. The molecule has 13 nitrogen and oxygen atoms in total. The fourth-order valence-electron chi connectivity index (χ4n) is 3.26. The van der Waals surface area contributed by atoms with Crippen molar-refractivity contribution in [3.8, 4) is 0 Å². The predicted octanol–water partition coefficient (Wildman–Crippen LogP) is 0.323. The summed E-state index contributed by atoms with van der Waals surface area (Å²) in [5.74, 6) is 0. The van der Waals surface area contributed by atoms with Crippen molar-refractivity contribution in [3.05, 3.63) is 23.8 Å². The molecule has 1 rings (SSSR count). The third-order valence-electron chi connectivity index (χ3n) is 4.91. The van der Waals surface area contributed by atoms with E-state index in [1.54, 1.807) is 6.92 Å². The number of hydrogen-bond donors (Lipinski definition) is 5. The van der Waals surface area contributed by atoms with Crippen molar-refractivity contribution < 1.29 is 47.3 Å². The Balaban J connectivity index is 3.13.